The minimum absolute atomic E-state index is 0.00107. The van der Waals surface area contributed by atoms with Crippen molar-refractivity contribution in [2.75, 3.05) is 17.2 Å². The molecule has 2 rings (SSSR count). The molecular weight excluding hydrogens is 262 g/mol. The Morgan fingerprint density at radius 2 is 2.11 bits per heavy atom. The van der Waals surface area contributed by atoms with Gasteiger partial charge in [-0.2, -0.15) is 0 Å². The third-order valence-corrected chi connectivity index (χ3v) is 4.33. The lowest BCUT2D eigenvalue weighted by Gasteiger charge is -2.30. The van der Waals surface area contributed by atoms with Gasteiger partial charge < -0.3 is 4.90 Å². The Morgan fingerprint density at radius 3 is 2.68 bits per heavy atom. The van der Waals surface area contributed by atoms with Crippen LogP contribution < -0.4 is 4.90 Å². The maximum Gasteiger partial charge on any atom is 0.240 e. The Bertz CT molecular complexity index is 566. The molecule has 0 saturated carbocycles. The number of carbonyl (C=O) groups is 2. The lowest BCUT2D eigenvalue weighted by Crippen LogP contribution is -2.41. The van der Waals surface area contributed by atoms with Gasteiger partial charge in [0.15, 0.2) is 5.78 Å². The zero-order chi connectivity index (χ0) is 14.2. The maximum absolute atomic E-state index is 12.1. The van der Waals surface area contributed by atoms with Crippen LogP contribution in [0.5, 0.6) is 0 Å². The van der Waals surface area contributed by atoms with E-state index >= 15 is 0 Å². The predicted molar refractivity (Wildman–Crippen MR) is 74.9 cm³/mol. The number of nitrogens with zero attached hydrogens (tertiary/aromatic N) is 1. The van der Waals surface area contributed by atoms with Crippen LogP contribution in [0.15, 0.2) is 23.1 Å². The first kappa shape index (κ1) is 13.9. The van der Waals surface area contributed by atoms with E-state index in [-0.39, 0.29) is 17.4 Å². The second-order valence-corrected chi connectivity index (χ2v) is 6.55. The third kappa shape index (κ3) is 2.76. The number of carbonyl (C=O) groups excluding carboxylic acids is 2. The van der Waals surface area contributed by atoms with Crippen LogP contribution in [0.4, 0.5) is 5.69 Å². The van der Waals surface area contributed by atoms with Crippen molar-refractivity contribution in [2.45, 2.75) is 25.7 Å². The summed E-state index contributed by atoms with van der Waals surface area (Å²) in [6.07, 6.45) is 0. The van der Waals surface area contributed by atoms with E-state index in [1.807, 2.05) is 13.8 Å². The summed E-state index contributed by atoms with van der Waals surface area (Å²) in [4.78, 5) is 25.6. The molecule has 5 heteroatoms. The first-order valence-corrected chi connectivity index (χ1v) is 7.55. The van der Waals surface area contributed by atoms with E-state index in [2.05, 4.69) is 0 Å². The molecule has 1 heterocycles. The fourth-order valence-electron chi connectivity index (χ4n) is 2.11. The first-order chi connectivity index (χ1) is 8.90. The summed E-state index contributed by atoms with van der Waals surface area (Å²) >= 11 is 0. The lowest BCUT2D eigenvalue weighted by atomic mass is 10.1. The fraction of sp³-hybridized carbons (Fsp3) is 0.429. The molecule has 4 nitrogen and oxygen atoms in total. The average Bonchev–Trinajstić information content (AvgIpc) is 2.33. The number of fused-ring (bicyclic) bond motifs is 1. The second-order valence-electron chi connectivity index (χ2n) is 5.13. The van der Waals surface area contributed by atoms with Gasteiger partial charge in [-0.3, -0.25) is 13.8 Å². The highest BCUT2D eigenvalue weighted by atomic mass is 32.2. The van der Waals surface area contributed by atoms with E-state index in [0.717, 1.165) is 0 Å². The molecule has 0 saturated heterocycles. The molecule has 1 aliphatic heterocycles. The van der Waals surface area contributed by atoms with Gasteiger partial charge in [0.2, 0.25) is 5.91 Å². The summed E-state index contributed by atoms with van der Waals surface area (Å²) < 4.78 is 12.1. The van der Waals surface area contributed by atoms with E-state index < -0.39 is 10.8 Å². The largest absolute Gasteiger partial charge is 0.310 e. The molecule has 0 radical (unpaired) electrons. The van der Waals surface area contributed by atoms with E-state index in [9.17, 15) is 13.8 Å². The summed E-state index contributed by atoms with van der Waals surface area (Å²) in [6, 6.07) is 5.06. The van der Waals surface area contributed by atoms with Gasteiger partial charge in [-0.1, -0.05) is 13.8 Å². The molecule has 1 aromatic carbocycles. The monoisotopic (exact) mass is 279 g/mol. The Labute approximate surface area is 115 Å². The summed E-state index contributed by atoms with van der Waals surface area (Å²) in [5.74, 6) is 0.152. The van der Waals surface area contributed by atoms with Crippen LogP contribution >= 0.6 is 0 Å². The number of hydrogen-bond donors (Lipinski definition) is 0. The van der Waals surface area contributed by atoms with Crippen molar-refractivity contribution in [3.63, 3.8) is 0 Å². The number of rotatable bonds is 3. The van der Waals surface area contributed by atoms with E-state index in [0.29, 0.717) is 28.6 Å². The van der Waals surface area contributed by atoms with Crippen LogP contribution in [0.1, 0.15) is 31.1 Å². The molecular formula is C14H17NO3S. The maximum atomic E-state index is 12.1. The van der Waals surface area contributed by atoms with Crippen LogP contribution in [0.25, 0.3) is 0 Å². The molecule has 0 bridgehead atoms. The topological polar surface area (TPSA) is 54.5 Å². The molecule has 0 aromatic heterocycles. The van der Waals surface area contributed by atoms with Gasteiger partial charge >= 0.3 is 0 Å². The fourth-order valence-corrected chi connectivity index (χ4v) is 3.31. The SMILES string of the molecule is CC(=O)c1ccc2c(c1)S(=O)CC(=O)N2CC(C)C. The predicted octanol–water partition coefficient (Wildman–Crippen LogP) is 2.00. The number of ketones is 1. The second kappa shape index (κ2) is 5.25. The van der Waals surface area contributed by atoms with Crippen molar-refractivity contribution in [1.82, 2.24) is 0 Å². The highest BCUT2D eigenvalue weighted by Gasteiger charge is 2.29. The summed E-state index contributed by atoms with van der Waals surface area (Å²) in [6.45, 7) is 6.14. The third-order valence-electron chi connectivity index (χ3n) is 3.01. The van der Waals surface area contributed by atoms with Gasteiger partial charge in [-0.25, -0.2) is 0 Å². The van der Waals surface area contributed by atoms with Crippen LogP contribution in [-0.2, 0) is 15.6 Å². The van der Waals surface area contributed by atoms with Crippen LogP contribution in [0.2, 0.25) is 0 Å². The number of anilines is 1. The lowest BCUT2D eigenvalue weighted by molar-refractivity contribution is -0.116. The molecule has 0 N–H and O–H groups in total. The standard InChI is InChI=1S/C14H17NO3S/c1-9(2)7-15-12-5-4-11(10(3)16)6-13(12)19(18)8-14(15)17/h4-6,9H,7-8H2,1-3H3. The Kier molecular flexibility index (Phi) is 3.85. The molecule has 0 aliphatic carbocycles. The van der Waals surface area contributed by atoms with Gasteiger partial charge in [-0.15, -0.1) is 0 Å². The van der Waals surface area contributed by atoms with Gasteiger partial charge in [0, 0.05) is 12.1 Å². The quantitative estimate of drug-likeness (QED) is 0.795. The Balaban J connectivity index is 2.49. The van der Waals surface area contributed by atoms with Crippen molar-refractivity contribution in [2.24, 2.45) is 5.92 Å². The van der Waals surface area contributed by atoms with Crippen LogP contribution in [0.3, 0.4) is 0 Å². The molecule has 1 aliphatic rings. The normalized spacial score (nSPS) is 18.6. The van der Waals surface area contributed by atoms with E-state index in [4.69, 9.17) is 0 Å². The molecule has 0 spiro atoms. The summed E-state index contributed by atoms with van der Waals surface area (Å²) in [7, 11) is -1.35. The van der Waals surface area contributed by atoms with Gasteiger partial charge in [0.05, 0.1) is 21.4 Å². The van der Waals surface area contributed by atoms with E-state index in [1.165, 1.54) is 6.92 Å². The number of Topliss-reactive ketones (excluding diaryl/α,β-unsaturated/α-hetero) is 1. The summed E-state index contributed by atoms with van der Waals surface area (Å²) in [5.41, 5.74) is 1.21. The molecule has 19 heavy (non-hydrogen) atoms. The number of hydrogen-bond acceptors (Lipinski definition) is 3. The van der Waals surface area contributed by atoms with Crippen molar-refractivity contribution in [3.8, 4) is 0 Å². The zero-order valence-corrected chi connectivity index (χ0v) is 12.1. The summed E-state index contributed by atoms with van der Waals surface area (Å²) in [5, 5.41) is 0. The highest BCUT2D eigenvalue weighted by Crippen LogP contribution is 2.30. The zero-order valence-electron chi connectivity index (χ0n) is 11.3. The highest BCUT2D eigenvalue weighted by molar-refractivity contribution is 7.86. The molecule has 0 fully saturated rings. The average molecular weight is 279 g/mol. The Morgan fingerprint density at radius 1 is 1.42 bits per heavy atom. The van der Waals surface area contributed by atoms with Gasteiger partial charge in [0.1, 0.15) is 5.75 Å². The molecule has 1 amide bonds. The van der Waals surface area contributed by atoms with Gasteiger partial charge in [-0.05, 0) is 31.0 Å². The van der Waals surface area contributed by atoms with Crippen molar-refractivity contribution in [1.29, 1.82) is 0 Å². The van der Waals surface area contributed by atoms with Crippen molar-refractivity contribution >= 4 is 28.2 Å². The first-order valence-electron chi connectivity index (χ1n) is 6.24. The van der Waals surface area contributed by atoms with Crippen LogP contribution in [-0.4, -0.2) is 28.2 Å². The van der Waals surface area contributed by atoms with Gasteiger partial charge in [0.25, 0.3) is 0 Å². The molecule has 1 atom stereocenters. The molecule has 1 aromatic rings. The van der Waals surface area contributed by atoms with Crippen molar-refractivity contribution < 1.29 is 13.8 Å². The van der Waals surface area contributed by atoms with E-state index in [1.54, 1.807) is 23.1 Å². The smallest absolute Gasteiger partial charge is 0.240 e. The van der Waals surface area contributed by atoms with Crippen molar-refractivity contribution in [3.05, 3.63) is 23.8 Å². The molecule has 102 valence electrons. The number of benzene rings is 1. The Hall–Kier alpha value is -1.49. The minimum atomic E-state index is -1.35. The van der Waals surface area contributed by atoms with Crippen LogP contribution in [0, 0.1) is 5.92 Å². The minimum Gasteiger partial charge on any atom is -0.310 e. The molecule has 1 unspecified atom stereocenters. The number of amides is 1.